The van der Waals surface area contributed by atoms with Gasteiger partial charge in [0.2, 0.25) is 0 Å². The summed E-state index contributed by atoms with van der Waals surface area (Å²) in [6.07, 6.45) is 4.15. The molecule has 0 unspecified atom stereocenters. The second kappa shape index (κ2) is 16.3. The molecule has 2 aliphatic carbocycles. The predicted octanol–water partition coefficient (Wildman–Crippen LogP) is 17.2. The highest BCUT2D eigenvalue weighted by atomic mass is 32.1. The van der Waals surface area contributed by atoms with E-state index in [1.54, 1.807) is 0 Å². The number of aromatic nitrogens is 1. The lowest BCUT2D eigenvalue weighted by Crippen LogP contribution is -2.30. The van der Waals surface area contributed by atoms with Gasteiger partial charge in [-0.3, -0.25) is 5.41 Å². The maximum Gasteiger partial charge on any atom is 0.106 e. The van der Waals surface area contributed by atoms with Crippen LogP contribution in [0.15, 0.2) is 241 Å². The first kappa shape index (κ1) is 41.7. The second-order valence-electron chi connectivity index (χ2n) is 18.9. The summed E-state index contributed by atoms with van der Waals surface area (Å²) in [5.41, 5.74) is 18.3. The van der Waals surface area contributed by atoms with Crippen molar-refractivity contribution in [1.29, 1.82) is 5.41 Å². The summed E-state index contributed by atoms with van der Waals surface area (Å²) < 4.78 is 6.96. The third-order valence-electron chi connectivity index (χ3n) is 14.7. The molecule has 0 radical (unpaired) electrons. The summed E-state index contributed by atoms with van der Waals surface area (Å²) >= 11 is 4.57. The second-order valence-corrected chi connectivity index (χ2v) is 19.1. The van der Waals surface area contributed by atoms with Crippen molar-refractivity contribution in [2.45, 2.75) is 19.3 Å². The first-order valence-corrected chi connectivity index (χ1v) is 24.2. The Morgan fingerprint density at radius 1 is 0.486 bits per heavy atom. The SMILES string of the molecule is CC1(C)c2ccccc2-c2ccc(-c3cccc(N(C4=CC=C(c5ccc(-n6c7ccc8ccccc8c7c7ccc8ccccc8c76)cc5)/C(=N/S)C4=N)c4ccc(-c5ccccc5)cc4)c3)cc21. The van der Waals surface area contributed by atoms with E-state index in [-0.39, 0.29) is 11.1 Å². The number of thiol groups is 1. The third-order valence-corrected chi connectivity index (χ3v) is 14.9. The van der Waals surface area contributed by atoms with Gasteiger partial charge in [-0.1, -0.05) is 184 Å². The first-order chi connectivity index (χ1) is 34.4. The predicted molar refractivity (Wildman–Crippen MR) is 299 cm³/mol. The molecule has 0 bridgehead atoms. The van der Waals surface area contributed by atoms with Crippen molar-refractivity contribution in [3.63, 3.8) is 0 Å². The van der Waals surface area contributed by atoms with Crippen molar-refractivity contribution in [3.8, 4) is 39.1 Å². The van der Waals surface area contributed by atoms with Gasteiger partial charge in [-0.05, 0) is 140 Å². The summed E-state index contributed by atoms with van der Waals surface area (Å²) in [7, 11) is 0. The molecule has 4 nitrogen and oxygen atoms in total. The van der Waals surface area contributed by atoms with Gasteiger partial charge in [-0.25, -0.2) is 4.40 Å². The van der Waals surface area contributed by atoms with E-state index in [2.05, 4.69) is 265 Å². The fourth-order valence-corrected chi connectivity index (χ4v) is 11.5. The monoisotopic (exact) mass is 914 g/mol. The van der Waals surface area contributed by atoms with Gasteiger partial charge in [0.05, 0.1) is 16.7 Å². The molecule has 0 atom stereocenters. The zero-order valence-electron chi connectivity index (χ0n) is 38.7. The van der Waals surface area contributed by atoms with E-state index in [1.165, 1.54) is 60.1 Å². The van der Waals surface area contributed by atoms with Crippen molar-refractivity contribution < 1.29 is 0 Å². The largest absolute Gasteiger partial charge is 0.309 e. The molecule has 5 heteroatoms. The highest BCUT2D eigenvalue weighted by Crippen LogP contribution is 2.50. The molecule has 2 aliphatic rings. The summed E-state index contributed by atoms with van der Waals surface area (Å²) in [6.45, 7) is 4.65. The minimum absolute atomic E-state index is 0.115. The van der Waals surface area contributed by atoms with Crippen LogP contribution >= 0.6 is 12.8 Å². The number of hydrogen-bond donors (Lipinski definition) is 2. The number of nitrogens with one attached hydrogen (secondary N) is 1. The molecule has 1 N–H and O–H groups in total. The molecule has 1 heterocycles. The number of rotatable bonds is 7. The average molecular weight is 915 g/mol. The van der Waals surface area contributed by atoms with E-state index in [0.717, 1.165) is 56.0 Å². The molecule has 332 valence electrons. The van der Waals surface area contributed by atoms with Crippen molar-refractivity contribution in [2.75, 3.05) is 4.90 Å². The van der Waals surface area contributed by atoms with Gasteiger partial charge in [0.1, 0.15) is 11.4 Å². The van der Waals surface area contributed by atoms with Gasteiger partial charge in [0.15, 0.2) is 0 Å². The van der Waals surface area contributed by atoms with Crippen molar-refractivity contribution >= 4 is 84.5 Å². The summed E-state index contributed by atoms with van der Waals surface area (Å²) in [5.74, 6) is 0. The Labute approximate surface area is 412 Å². The first-order valence-electron chi connectivity index (χ1n) is 23.8. The van der Waals surface area contributed by atoms with Gasteiger partial charge >= 0.3 is 0 Å². The normalized spacial score (nSPS) is 14.6. The molecule has 0 amide bonds. The number of benzene rings is 10. The van der Waals surface area contributed by atoms with Gasteiger partial charge in [0, 0.05) is 44.2 Å². The van der Waals surface area contributed by atoms with E-state index in [1.807, 2.05) is 6.07 Å². The Morgan fingerprint density at radius 2 is 1.11 bits per heavy atom. The lowest BCUT2D eigenvalue weighted by molar-refractivity contribution is 0.660. The van der Waals surface area contributed by atoms with E-state index in [9.17, 15) is 5.41 Å². The number of allylic oxidation sites excluding steroid dienone is 4. The van der Waals surface area contributed by atoms with E-state index < -0.39 is 0 Å². The third kappa shape index (κ3) is 6.53. The van der Waals surface area contributed by atoms with Crippen LogP contribution in [0, 0.1) is 5.41 Å². The maximum absolute atomic E-state index is 9.94. The molecule has 13 rings (SSSR count). The smallest absolute Gasteiger partial charge is 0.106 e. The van der Waals surface area contributed by atoms with Crippen LogP contribution in [-0.2, 0) is 5.41 Å². The van der Waals surface area contributed by atoms with Crippen LogP contribution in [0.2, 0.25) is 0 Å². The van der Waals surface area contributed by atoms with Crippen LogP contribution in [0.3, 0.4) is 0 Å². The van der Waals surface area contributed by atoms with Gasteiger partial charge in [-0.2, -0.15) is 0 Å². The molecular formula is C65H46N4S. The van der Waals surface area contributed by atoms with Gasteiger partial charge in [0.25, 0.3) is 0 Å². The molecule has 0 fully saturated rings. The summed E-state index contributed by atoms with van der Waals surface area (Å²) in [6, 6.07) is 78.4. The summed E-state index contributed by atoms with van der Waals surface area (Å²) in [4.78, 5) is 2.18. The van der Waals surface area contributed by atoms with Crippen LogP contribution in [0.5, 0.6) is 0 Å². The van der Waals surface area contributed by atoms with Crippen molar-refractivity contribution in [3.05, 3.63) is 253 Å². The number of hydrogen-bond acceptors (Lipinski definition) is 4. The molecule has 10 aromatic carbocycles. The van der Waals surface area contributed by atoms with Crippen LogP contribution in [0.25, 0.3) is 88.0 Å². The zero-order valence-corrected chi connectivity index (χ0v) is 39.6. The van der Waals surface area contributed by atoms with Crippen LogP contribution in [0.1, 0.15) is 30.5 Å². The molecule has 11 aromatic rings. The number of anilines is 2. The van der Waals surface area contributed by atoms with Crippen molar-refractivity contribution in [2.24, 2.45) is 4.40 Å². The van der Waals surface area contributed by atoms with E-state index >= 15 is 0 Å². The Hall–Kier alpha value is -8.51. The maximum atomic E-state index is 9.94. The van der Waals surface area contributed by atoms with Crippen LogP contribution < -0.4 is 4.90 Å². The van der Waals surface area contributed by atoms with Gasteiger partial charge in [-0.15, -0.1) is 0 Å². The minimum atomic E-state index is -0.115. The van der Waals surface area contributed by atoms with E-state index in [0.29, 0.717) is 11.4 Å². The minimum Gasteiger partial charge on any atom is -0.309 e. The van der Waals surface area contributed by atoms with Crippen LogP contribution in [-0.4, -0.2) is 16.0 Å². The summed E-state index contributed by atoms with van der Waals surface area (Å²) in [5, 5.41) is 17.3. The average Bonchev–Trinajstić information content (AvgIpc) is 3.88. The van der Waals surface area contributed by atoms with Crippen molar-refractivity contribution in [1.82, 2.24) is 4.57 Å². The Balaban J connectivity index is 0.915. The standard InChI is InChI=1S/C65H46N4S/c1-65(2)57-22-11-10-21-54(57)55-34-28-47(40-58(55)65)46-17-12-18-50(39-46)68(48-30-23-42(24-31-48)41-13-4-3-5-14-41)60-38-36-52(63(67-70)62(60)66)45-25-32-49(33-26-45)69-59-37-29-43-15-6-8-19-51(43)61(59)56-35-27-44-16-7-9-20-53(44)64(56)69/h3-40,66,70H,1-2H3/b66-62?,67-63-. The fraction of sp³-hybridized carbons (Fsp3) is 0.0462. The topological polar surface area (TPSA) is 44.4 Å². The lowest BCUT2D eigenvalue weighted by atomic mass is 9.81. The Morgan fingerprint density at radius 3 is 1.91 bits per heavy atom. The molecule has 70 heavy (non-hydrogen) atoms. The fourth-order valence-electron chi connectivity index (χ4n) is 11.3. The molecule has 1 aromatic heterocycles. The molecule has 0 spiro atoms. The molecular weight excluding hydrogens is 869 g/mol. The Kier molecular flexibility index (Phi) is 9.72. The number of nitrogens with zero attached hydrogens (tertiary/aromatic N) is 3. The lowest BCUT2D eigenvalue weighted by Gasteiger charge is -2.31. The Bertz CT molecular complexity index is 4040. The molecule has 0 saturated heterocycles. The molecule has 0 saturated carbocycles. The van der Waals surface area contributed by atoms with E-state index in [4.69, 9.17) is 0 Å². The number of fused-ring (bicyclic) bond motifs is 10. The quantitative estimate of drug-likeness (QED) is 0.121. The highest BCUT2D eigenvalue weighted by Gasteiger charge is 2.35. The molecule has 0 aliphatic heterocycles. The van der Waals surface area contributed by atoms with Gasteiger partial charge < -0.3 is 9.47 Å². The highest BCUT2D eigenvalue weighted by molar-refractivity contribution is 7.79. The zero-order chi connectivity index (χ0) is 47.1. The van der Waals surface area contributed by atoms with Crippen LogP contribution in [0.4, 0.5) is 11.4 Å².